The summed E-state index contributed by atoms with van der Waals surface area (Å²) < 4.78 is 5.76. The fraction of sp³-hybridized carbons (Fsp3) is 0.500. The van der Waals surface area contributed by atoms with Crippen molar-refractivity contribution in [2.75, 3.05) is 0 Å². The van der Waals surface area contributed by atoms with Crippen molar-refractivity contribution < 1.29 is 14.6 Å². The van der Waals surface area contributed by atoms with Crippen molar-refractivity contribution in [2.45, 2.75) is 43.9 Å². The molecule has 0 radical (unpaired) electrons. The molecule has 2 N–H and O–H groups in total. The Kier molecular flexibility index (Phi) is 2.96. The minimum Gasteiger partial charge on any atom is -0.490 e. The first-order valence-corrected chi connectivity index (χ1v) is 6.48. The second kappa shape index (κ2) is 4.61. The van der Waals surface area contributed by atoms with Crippen LogP contribution in [0.4, 0.5) is 0 Å². The highest BCUT2D eigenvalue weighted by molar-refractivity contribution is 5.73. The van der Waals surface area contributed by atoms with Gasteiger partial charge in [-0.1, -0.05) is 12.1 Å². The van der Waals surface area contributed by atoms with Crippen molar-refractivity contribution >= 4 is 5.97 Å². The van der Waals surface area contributed by atoms with Gasteiger partial charge in [0.2, 0.25) is 0 Å². The third kappa shape index (κ3) is 2.48. The zero-order chi connectivity index (χ0) is 12.5. The van der Waals surface area contributed by atoms with Crippen LogP contribution >= 0.6 is 0 Å². The molecule has 1 aliphatic heterocycles. The molecule has 96 valence electrons. The number of rotatable bonds is 4. The number of carboxylic acid groups (broad SMARTS) is 1. The van der Waals surface area contributed by atoms with Crippen LogP contribution in [-0.4, -0.2) is 23.2 Å². The zero-order valence-corrected chi connectivity index (χ0v) is 10.1. The highest BCUT2D eigenvalue weighted by Gasteiger charge is 2.30. The van der Waals surface area contributed by atoms with E-state index in [0.29, 0.717) is 12.5 Å². The number of aliphatic carboxylic acids is 1. The minimum atomic E-state index is -0.761. The summed E-state index contributed by atoms with van der Waals surface area (Å²) in [6, 6.07) is 7.72. The Hall–Kier alpha value is -1.55. The number of carboxylic acids is 1. The maximum atomic E-state index is 10.9. The average Bonchev–Trinajstić information content (AvgIpc) is 3.03. The normalized spacial score (nSPS) is 27.1. The summed E-state index contributed by atoms with van der Waals surface area (Å²) in [6.45, 7) is 0. The maximum Gasteiger partial charge on any atom is 0.320 e. The molecule has 1 saturated carbocycles. The Morgan fingerprint density at radius 1 is 1.28 bits per heavy atom. The summed E-state index contributed by atoms with van der Waals surface area (Å²) in [5.41, 5.74) is 1.12. The third-order valence-electron chi connectivity index (χ3n) is 3.53. The monoisotopic (exact) mass is 247 g/mol. The number of benzene rings is 1. The van der Waals surface area contributed by atoms with Crippen molar-refractivity contribution in [3.05, 3.63) is 29.8 Å². The predicted octanol–water partition coefficient (Wildman–Crippen LogP) is 2.11. The molecule has 3 rings (SSSR count). The molecule has 0 bridgehead atoms. The maximum absolute atomic E-state index is 10.9. The van der Waals surface area contributed by atoms with Gasteiger partial charge in [-0.15, -0.1) is 0 Å². The van der Waals surface area contributed by atoms with Gasteiger partial charge >= 0.3 is 5.97 Å². The van der Waals surface area contributed by atoms with Crippen LogP contribution < -0.4 is 10.1 Å². The van der Waals surface area contributed by atoms with Crippen LogP contribution in [0.3, 0.4) is 0 Å². The van der Waals surface area contributed by atoms with Gasteiger partial charge in [0, 0.05) is 6.04 Å². The first-order chi connectivity index (χ1) is 8.72. The number of hydrogen-bond donors (Lipinski definition) is 2. The molecule has 2 unspecified atom stereocenters. The van der Waals surface area contributed by atoms with E-state index in [1.807, 2.05) is 24.3 Å². The minimum absolute atomic E-state index is 0.133. The lowest BCUT2D eigenvalue weighted by atomic mass is 10.1. The van der Waals surface area contributed by atoms with Crippen LogP contribution in [0.1, 0.15) is 37.3 Å². The molecule has 0 spiro atoms. The molecule has 2 aliphatic rings. The van der Waals surface area contributed by atoms with Crippen molar-refractivity contribution in [2.24, 2.45) is 0 Å². The predicted molar refractivity (Wildman–Crippen MR) is 66.6 cm³/mol. The summed E-state index contributed by atoms with van der Waals surface area (Å²) in [5, 5.41) is 12.1. The van der Waals surface area contributed by atoms with Crippen molar-refractivity contribution in [1.29, 1.82) is 0 Å². The van der Waals surface area contributed by atoms with E-state index in [2.05, 4.69) is 5.32 Å². The summed E-state index contributed by atoms with van der Waals surface area (Å²) in [5.74, 6) is 0.137. The lowest BCUT2D eigenvalue weighted by Crippen LogP contribution is -2.31. The van der Waals surface area contributed by atoms with E-state index in [-0.39, 0.29) is 6.04 Å². The molecule has 0 amide bonds. The second-order valence-electron chi connectivity index (χ2n) is 5.08. The fourth-order valence-corrected chi connectivity index (χ4v) is 2.38. The lowest BCUT2D eigenvalue weighted by Gasteiger charge is -2.14. The van der Waals surface area contributed by atoms with Gasteiger partial charge < -0.3 is 9.84 Å². The highest BCUT2D eigenvalue weighted by Crippen LogP contribution is 2.31. The molecule has 2 fully saturated rings. The molecule has 18 heavy (non-hydrogen) atoms. The molecule has 1 aliphatic carbocycles. The molecule has 4 heteroatoms. The molecular weight excluding hydrogens is 230 g/mol. The summed E-state index contributed by atoms with van der Waals surface area (Å²) in [7, 11) is 0. The number of nitrogens with one attached hydrogen (secondary N) is 1. The number of ether oxygens (including phenoxy) is 1. The average molecular weight is 247 g/mol. The van der Waals surface area contributed by atoms with Gasteiger partial charge in [-0.05, 0) is 43.4 Å². The fourth-order valence-electron chi connectivity index (χ4n) is 2.38. The largest absolute Gasteiger partial charge is 0.490 e. The van der Waals surface area contributed by atoms with Crippen LogP contribution in [0.25, 0.3) is 0 Å². The van der Waals surface area contributed by atoms with E-state index in [0.717, 1.165) is 30.6 Å². The van der Waals surface area contributed by atoms with Crippen molar-refractivity contribution in [3.8, 4) is 5.75 Å². The SMILES string of the molecule is O=C(O)C1CCC(c2cccc(OC3CC3)c2)N1. The van der Waals surface area contributed by atoms with E-state index in [9.17, 15) is 4.79 Å². The Bertz CT molecular complexity index is 456. The molecule has 1 aromatic carbocycles. The van der Waals surface area contributed by atoms with Gasteiger partial charge in [-0.3, -0.25) is 10.1 Å². The number of hydrogen-bond acceptors (Lipinski definition) is 3. The second-order valence-corrected chi connectivity index (χ2v) is 5.08. The van der Waals surface area contributed by atoms with Gasteiger partial charge in [0.15, 0.2) is 0 Å². The molecule has 0 aromatic heterocycles. The standard InChI is InChI=1S/C14H17NO3/c16-14(17)13-7-6-12(15-13)9-2-1-3-11(8-9)18-10-4-5-10/h1-3,8,10,12-13,15H,4-7H2,(H,16,17). The van der Waals surface area contributed by atoms with Crippen LogP contribution in [0.2, 0.25) is 0 Å². The molecular formula is C14H17NO3. The molecule has 4 nitrogen and oxygen atoms in total. The highest BCUT2D eigenvalue weighted by atomic mass is 16.5. The van der Waals surface area contributed by atoms with Crippen molar-refractivity contribution in [3.63, 3.8) is 0 Å². The summed E-state index contributed by atoms with van der Waals surface area (Å²) >= 11 is 0. The van der Waals surface area contributed by atoms with Crippen LogP contribution in [0.15, 0.2) is 24.3 Å². The van der Waals surface area contributed by atoms with E-state index in [1.165, 1.54) is 0 Å². The van der Waals surface area contributed by atoms with E-state index in [4.69, 9.17) is 9.84 Å². The Balaban J connectivity index is 1.70. The Morgan fingerprint density at radius 2 is 2.11 bits per heavy atom. The van der Waals surface area contributed by atoms with Crippen LogP contribution in [0, 0.1) is 0 Å². The lowest BCUT2D eigenvalue weighted by molar-refractivity contribution is -0.139. The van der Waals surface area contributed by atoms with Crippen LogP contribution in [-0.2, 0) is 4.79 Å². The van der Waals surface area contributed by atoms with E-state index >= 15 is 0 Å². The van der Waals surface area contributed by atoms with Gasteiger partial charge in [0.1, 0.15) is 11.8 Å². The first kappa shape index (κ1) is 11.5. The smallest absolute Gasteiger partial charge is 0.320 e. The third-order valence-corrected chi connectivity index (χ3v) is 3.53. The molecule has 1 saturated heterocycles. The van der Waals surface area contributed by atoms with Gasteiger partial charge in [0.25, 0.3) is 0 Å². The van der Waals surface area contributed by atoms with Gasteiger partial charge in [-0.25, -0.2) is 0 Å². The molecule has 1 aromatic rings. The quantitative estimate of drug-likeness (QED) is 0.855. The van der Waals surface area contributed by atoms with Crippen LogP contribution in [0.5, 0.6) is 5.75 Å². The summed E-state index contributed by atoms with van der Waals surface area (Å²) in [4.78, 5) is 10.9. The van der Waals surface area contributed by atoms with Crippen molar-refractivity contribution in [1.82, 2.24) is 5.32 Å². The number of carbonyl (C=O) groups is 1. The Morgan fingerprint density at radius 3 is 2.78 bits per heavy atom. The van der Waals surface area contributed by atoms with E-state index in [1.54, 1.807) is 0 Å². The summed E-state index contributed by atoms with van der Waals surface area (Å²) in [6.07, 6.45) is 4.24. The Labute approximate surface area is 106 Å². The zero-order valence-electron chi connectivity index (χ0n) is 10.1. The van der Waals surface area contributed by atoms with E-state index < -0.39 is 12.0 Å². The molecule has 1 heterocycles. The topological polar surface area (TPSA) is 58.6 Å². The molecule has 2 atom stereocenters. The van der Waals surface area contributed by atoms with Gasteiger partial charge in [-0.2, -0.15) is 0 Å². The van der Waals surface area contributed by atoms with Gasteiger partial charge in [0.05, 0.1) is 6.10 Å². The first-order valence-electron chi connectivity index (χ1n) is 6.48.